The number of hydrogen-bond acceptors (Lipinski definition) is 6. The van der Waals surface area contributed by atoms with Gasteiger partial charge in [-0.3, -0.25) is 9.36 Å². The van der Waals surface area contributed by atoms with E-state index >= 15 is 0 Å². The van der Waals surface area contributed by atoms with Crippen molar-refractivity contribution in [3.63, 3.8) is 0 Å². The molecule has 0 bridgehead atoms. The number of halogens is 1. The largest absolute Gasteiger partial charge is 0.469 e. The van der Waals surface area contributed by atoms with Crippen LogP contribution in [-0.2, 0) is 4.79 Å². The van der Waals surface area contributed by atoms with Crippen LogP contribution in [0.25, 0.3) is 17.1 Å². The van der Waals surface area contributed by atoms with Crippen LogP contribution in [0.4, 0.5) is 5.69 Å². The molecule has 4 rings (SSSR count). The van der Waals surface area contributed by atoms with Gasteiger partial charge in [-0.1, -0.05) is 41.6 Å². The van der Waals surface area contributed by atoms with Gasteiger partial charge in [-0.05, 0) is 50.2 Å². The minimum atomic E-state index is -0.477. The predicted molar refractivity (Wildman–Crippen MR) is 124 cm³/mol. The number of benzene rings is 2. The van der Waals surface area contributed by atoms with Crippen LogP contribution in [0.15, 0.2) is 70.4 Å². The number of amides is 1. The van der Waals surface area contributed by atoms with E-state index in [0.29, 0.717) is 22.2 Å². The van der Waals surface area contributed by atoms with Gasteiger partial charge in [0.1, 0.15) is 11.8 Å². The van der Waals surface area contributed by atoms with Crippen molar-refractivity contribution in [3.8, 4) is 23.1 Å². The third-order valence-electron chi connectivity index (χ3n) is 4.76. The highest BCUT2D eigenvalue weighted by Gasteiger charge is 2.23. The van der Waals surface area contributed by atoms with Crippen LogP contribution < -0.4 is 5.32 Å². The zero-order valence-corrected chi connectivity index (χ0v) is 18.8. The van der Waals surface area contributed by atoms with E-state index in [1.165, 1.54) is 11.8 Å². The molecule has 4 aromatic rings. The topological polar surface area (TPSA) is 96.7 Å². The van der Waals surface area contributed by atoms with Crippen molar-refractivity contribution >= 4 is 35.0 Å². The number of carbonyl (C=O) groups is 1. The van der Waals surface area contributed by atoms with E-state index in [0.717, 1.165) is 17.0 Å². The second kappa shape index (κ2) is 9.30. The van der Waals surface area contributed by atoms with Gasteiger partial charge in [-0.2, -0.15) is 5.26 Å². The Bertz CT molecular complexity index is 1310. The number of hydrogen-bond donors (Lipinski definition) is 1. The first kappa shape index (κ1) is 21.7. The van der Waals surface area contributed by atoms with Gasteiger partial charge < -0.3 is 9.73 Å². The number of thioether (sulfide) groups is 1. The lowest BCUT2D eigenvalue weighted by Gasteiger charge is -2.14. The number of nitrogens with zero attached hydrogens (tertiary/aromatic N) is 4. The Hall–Kier alpha value is -3.54. The Balaban J connectivity index is 1.61. The first-order valence-electron chi connectivity index (χ1n) is 9.70. The molecule has 2 aromatic carbocycles. The van der Waals surface area contributed by atoms with Crippen LogP contribution in [0.5, 0.6) is 0 Å². The van der Waals surface area contributed by atoms with Crippen molar-refractivity contribution in [2.45, 2.75) is 24.3 Å². The van der Waals surface area contributed by atoms with E-state index in [-0.39, 0.29) is 10.9 Å². The molecule has 0 aliphatic rings. The first-order valence-corrected chi connectivity index (χ1v) is 11.0. The van der Waals surface area contributed by atoms with Crippen molar-refractivity contribution in [3.05, 3.63) is 77.2 Å². The number of nitrogens with one attached hydrogen (secondary N) is 1. The van der Waals surface area contributed by atoms with Gasteiger partial charge >= 0.3 is 0 Å². The molecule has 0 aliphatic heterocycles. The molecule has 160 valence electrons. The van der Waals surface area contributed by atoms with E-state index in [1.807, 2.05) is 54.0 Å². The summed E-state index contributed by atoms with van der Waals surface area (Å²) in [5.74, 6) is 1.14. The smallest absolute Gasteiger partial charge is 0.237 e. The number of rotatable bonds is 6. The average molecular weight is 464 g/mol. The highest BCUT2D eigenvalue weighted by molar-refractivity contribution is 8.00. The van der Waals surface area contributed by atoms with Gasteiger partial charge in [-0.25, -0.2) is 0 Å². The second-order valence-electron chi connectivity index (χ2n) is 6.92. The Labute approximate surface area is 194 Å². The van der Waals surface area contributed by atoms with Crippen LogP contribution in [0.2, 0.25) is 5.02 Å². The van der Waals surface area contributed by atoms with E-state index in [9.17, 15) is 4.79 Å². The number of aryl methyl sites for hydroxylation is 1. The fourth-order valence-corrected chi connectivity index (χ4v) is 4.18. The summed E-state index contributed by atoms with van der Waals surface area (Å²) in [4.78, 5) is 12.8. The number of nitriles is 1. The highest BCUT2D eigenvalue weighted by Crippen LogP contribution is 2.32. The van der Waals surface area contributed by atoms with Gasteiger partial charge in [0, 0.05) is 11.4 Å². The number of aromatic nitrogens is 3. The molecule has 0 radical (unpaired) electrons. The zero-order chi connectivity index (χ0) is 22.7. The van der Waals surface area contributed by atoms with Crippen LogP contribution in [0, 0.1) is 18.3 Å². The summed E-state index contributed by atoms with van der Waals surface area (Å²) in [7, 11) is 0. The summed E-state index contributed by atoms with van der Waals surface area (Å²) >= 11 is 7.36. The number of furan rings is 1. The molecule has 2 heterocycles. The lowest BCUT2D eigenvalue weighted by molar-refractivity contribution is -0.115. The summed E-state index contributed by atoms with van der Waals surface area (Å²) in [6.07, 6.45) is 1.61. The zero-order valence-electron chi connectivity index (χ0n) is 17.2. The Morgan fingerprint density at radius 1 is 1.22 bits per heavy atom. The molecule has 1 atom stereocenters. The van der Waals surface area contributed by atoms with Crippen LogP contribution in [0.3, 0.4) is 0 Å². The molecule has 9 heteroatoms. The molecule has 0 saturated heterocycles. The monoisotopic (exact) mass is 463 g/mol. The lowest BCUT2D eigenvalue weighted by Crippen LogP contribution is -2.23. The first-order chi connectivity index (χ1) is 15.5. The summed E-state index contributed by atoms with van der Waals surface area (Å²) in [6.45, 7) is 3.66. The number of para-hydroxylation sites is 1. The minimum absolute atomic E-state index is 0.223. The van der Waals surface area contributed by atoms with E-state index in [1.54, 1.807) is 31.4 Å². The maximum atomic E-state index is 12.8. The van der Waals surface area contributed by atoms with Crippen molar-refractivity contribution in [2.75, 3.05) is 5.32 Å². The molecule has 0 aliphatic carbocycles. The Kier molecular flexibility index (Phi) is 6.30. The summed E-state index contributed by atoms with van der Waals surface area (Å²) < 4.78 is 7.36. The second-order valence-corrected chi connectivity index (χ2v) is 8.64. The molecule has 32 heavy (non-hydrogen) atoms. The van der Waals surface area contributed by atoms with Gasteiger partial charge in [0.2, 0.25) is 5.91 Å². The average Bonchev–Trinajstić information content (AvgIpc) is 3.40. The van der Waals surface area contributed by atoms with Gasteiger partial charge in [-0.15, -0.1) is 10.2 Å². The predicted octanol–water partition coefficient (Wildman–Crippen LogP) is 5.48. The van der Waals surface area contributed by atoms with Crippen LogP contribution >= 0.6 is 23.4 Å². The van der Waals surface area contributed by atoms with Crippen molar-refractivity contribution in [2.24, 2.45) is 0 Å². The Morgan fingerprint density at radius 3 is 2.66 bits per heavy atom. The fourth-order valence-electron chi connectivity index (χ4n) is 3.09. The molecule has 7 nitrogen and oxygen atoms in total. The van der Waals surface area contributed by atoms with Crippen LogP contribution in [0.1, 0.15) is 18.2 Å². The number of carbonyl (C=O) groups excluding carboxylic acids is 1. The quantitative estimate of drug-likeness (QED) is 0.380. The lowest BCUT2D eigenvalue weighted by atomic mass is 10.2. The molecule has 0 saturated carbocycles. The molecule has 1 unspecified atom stereocenters. The molecule has 2 aromatic heterocycles. The van der Waals surface area contributed by atoms with E-state index < -0.39 is 5.25 Å². The summed E-state index contributed by atoms with van der Waals surface area (Å²) in [5, 5.41) is 20.9. The maximum Gasteiger partial charge on any atom is 0.237 e. The van der Waals surface area contributed by atoms with Crippen molar-refractivity contribution in [1.29, 1.82) is 5.26 Å². The molecule has 0 fully saturated rings. The number of anilines is 1. The third-order valence-corrected chi connectivity index (χ3v) is 6.11. The molecule has 1 N–H and O–H groups in total. The standard InChI is InChI=1S/C23H18ClN5O2S/c1-14-19(10-11-31-14)21-27-28-23(29(21)18-6-4-3-5-7-18)32-15(2)22(30)26-17-9-8-16(13-25)20(24)12-17/h3-12,15H,1-2H3,(H,26,30). The van der Waals surface area contributed by atoms with Crippen LogP contribution in [-0.4, -0.2) is 25.9 Å². The van der Waals surface area contributed by atoms with Gasteiger partial charge in [0.05, 0.1) is 27.7 Å². The van der Waals surface area contributed by atoms with Crippen molar-refractivity contribution < 1.29 is 9.21 Å². The molecular formula is C23H18ClN5O2S. The summed E-state index contributed by atoms with van der Waals surface area (Å²) in [6, 6.07) is 18.3. The molecule has 0 spiro atoms. The van der Waals surface area contributed by atoms with E-state index in [2.05, 4.69) is 15.5 Å². The molecule has 1 amide bonds. The van der Waals surface area contributed by atoms with Gasteiger partial charge in [0.15, 0.2) is 11.0 Å². The van der Waals surface area contributed by atoms with E-state index in [4.69, 9.17) is 21.3 Å². The molecular weight excluding hydrogens is 446 g/mol. The maximum absolute atomic E-state index is 12.8. The third kappa shape index (κ3) is 4.40. The minimum Gasteiger partial charge on any atom is -0.469 e. The van der Waals surface area contributed by atoms with Gasteiger partial charge in [0.25, 0.3) is 0 Å². The SMILES string of the molecule is Cc1occc1-c1nnc(SC(C)C(=O)Nc2ccc(C#N)c(Cl)c2)n1-c1ccccc1. The van der Waals surface area contributed by atoms with Crippen molar-refractivity contribution in [1.82, 2.24) is 14.8 Å². The highest BCUT2D eigenvalue weighted by atomic mass is 35.5. The fraction of sp³-hybridized carbons (Fsp3) is 0.130. The normalized spacial score (nSPS) is 11.7. The Morgan fingerprint density at radius 2 is 2.00 bits per heavy atom. The summed E-state index contributed by atoms with van der Waals surface area (Å²) in [5.41, 5.74) is 2.58.